The van der Waals surface area contributed by atoms with E-state index in [0.717, 1.165) is 18.4 Å². The summed E-state index contributed by atoms with van der Waals surface area (Å²) in [5.74, 6) is -0.535. The van der Waals surface area contributed by atoms with Gasteiger partial charge in [0.2, 0.25) is 10.0 Å². The molecule has 0 bridgehead atoms. The van der Waals surface area contributed by atoms with Crippen LogP contribution < -0.4 is 4.72 Å². The van der Waals surface area contributed by atoms with E-state index in [1.807, 2.05) is 0 Å². The molecule has 0 aliphatic heterocycles. The van der Waals surface area contributed by atoms with Crippen LogP contribution in [0.5, 0.6) is 5.75 Å². The van der Waals surface area contributed by atoms with Gasteiger partial charge in [0.05, 0.1) is 16.5 Å². The van der Waals surface area contributed by atoms with E-state index in [9.17, 15) is 18.3 Å². The molecule has 0 radical (unpaired) electrons. The molecular weight excluding hydrogens is 354 g/mol. The zero-order chi connectivity index (χ0) is 19.2. The third-order valence-electron chi connectivity index (χ3n) is 3.70. The van der Waals surface area contributed by atoms with Gasteiger partial charge in [-0.2, -0.15) is 0 Å². The van der Waals surface area contributed by atoms with Crippen LogP contribution in [0.2, 0.25) is 0 Å². The fourth-order valence-electron chi connectivity index (χ4n) is 2.37. The summed E-state index contributed by atoms with van der Waals surface area (Å²) in [6.45, 7) is 3.58. The lowest BCUT2D eigenvalue weighted by Crippen LogP contribution is -2.36. The molecule has 0 heterocycles. The van der Waals surface area contributed by atoms with E-state index in [-0.39, 0.29) is 22.8 Å². The average molecular weight is 377 g/mol. The predicted octanol–water partition coefficient (Wildman–Crippen LogP) is 2.87. The van der Waals surface area contributed by atoms with Gasteiger partial charge >= 0.3 is 5.97 Å². The molecule has 2 N–H and O–H groups in total. The molecule has 2 aromatic rings. The van der Waals surface area contributed by atoms with Gasteiger partial charge in [0.25, 0.3) is 0 Å². The van der Waals surface area contributed by atoms with Gasteiger partial charge in [-0.1, -0.05) is 25.5 Å². The normalized spacial score (nSPS) is 12.5. The summed E-state index contributed by atoms with van der Waals surface area (Å²) in [6.07, 6.45) is 1.89. The second-order valence-corrected chi connectivity index (χ2v) is 7.78. The number of ether oxygens (including phenoxy) is 1. The lowest BCUT2D eigenvalue weighted by atomic mass is 10.1. The van der Waals surface area contributed by atoms with Crippen molar-refractivity contribution in [3.8, 4) is 5.75 Å². The Hall–Kier alpha value is -2.38. The number of aryl methyl sites for hydroxylation is 1. The van der Waals surface area contributed by atoms with Crippen molar-refractivity contribution in [3.63, 3.8) is 0 Å². The molecule has 0 amide bonds. The summed E-state index contributed by atoms with van der Waals surface area (Å²) in [4.78, 5) is 12.1. The van der Waals surface area contributed by atoms with Crippen molar-refractivity contribution in [2.75, 3.05) is 6.61 Å². The molecule has 0 fully saturated rings. The fourth-order valence-corrected chi connectivity index (χ4v) is 3.60. The first kappa shape index (κ1) is 19.9. The second kappa shape index (κ2) is 8.82. The molecule has 2 rings (SSSR count). The Morgan fingerprint density at radius 2 is 1.73 bits per heavy atom. The van der Waals surface area contributed by atoms with Crippen molar-refractivity contribution in [2.45, 2.75) is 37.6 Å². The van der Waals surface area contributed by atoms with Crippen LogP contribution in [-0.4, -0.2) is 32.1 Å². The van der Waals surface area contributed by atoms with Crippen molar-refractivity contribution in [2.24, 2.45) is 0 Å². The van der Waals surface area contributed by atoms with E-state index in [0.29, 0.717) is 0 Å². The van der Waals surface area contributed by atoms with Gasteiger partial charge in [-0.25, -0.2) is 17.9 Å². The first-order chi connectivity index (χ1) is 12.3. The van der Waals surface area contributed by atoms with Crippen LogP contribution >= 0.6 is 0 Å². The monoisotopic (exact) mass is 377 g/mol. The molecule has 26 heavy (non-hydrogen) atoms. The van der Waals surface area contributed by atoms with Gasteiger partial charge in [-0.3, -0.25) is 0 Å². The van der Waals surface area contributed by atoms with E-state index < -0.39 is 22.0 Å². The van der Waals surface area contributed by atoms with Crippen molar-refractivity contribution in [3.05, 3.63) is 59.7 Å². The first-order valence-electron chi connectivity index (χ1n) is 8.39. The number of phenols is 1. The van der Waals surface area contributed by atoms with E-state index in [1.54, 1.807) is 31.2 Å². The Balaban J connectivity index is 1.92. The maximum atomic E-state index is 12.4. The molecule has 0 aliphatic carbocycles. The number of sulfonamides is 1. The summed E-state index contributed by atoms with van der Waals surface area (Å²) in [5, 5.41) is 9.21. The van der Waals surface area contributed by atoms with Crippen LogP contribution in [0, 0.1) is 0 Å². The Kier molecular flexibility index (Phi) is 6.76. The molecule has 0 saturated heterocycles. The van der Waals surface area contributed by atoms with Crippen molar-refractivity contribution in [1.29, 1.82) is 0 Å². The van der Waals surface area contributed by atoms with Crippen LogP contribution in [0.4, 0.5) is 0 Å². The number of carbonyl (C=O) groups excluding carboxylic acids is 1. The lowest BCUT2D eigenvalue weighted by molar-refractivity contribution is 0.0481. The second-order valence-electron chi connectivity index (χ2n) is 6.06. The van der Waals surface area contributed by atoms with Crippen LogP contribution in [0.25, 0.3) is 0 Å². The third kappa shape index (κ3) is 5.57. The molecule has 6 nitrogen and oxygen atoms in total. The van der Waals surface area contributed by atoms with Gasteiger partial charge in [0.1, 0.15) is 12.4 Å². The highest BCUT2D eigenvalue weighted by atomic mass is 32.2. The average Bonchev–Trinajstić information content (AvgIpc) is 2.61. The topological polar surface area (TPSA) is 92.7 Å². The summed E-state index contributed by atoms with van der Waals surface area (Å²) in [5.41, 5.74) is 1.37. The highest BCUT2D eigenvalue weighted by Gasteiger charge is 2.18. The number of rotatable bonds is 8. The summed E-state index contributed by atoms with van der Waals surface area (Å²) < 4.78 is 32.4. The molecule has 0 aliphatic rings. The highest BCUT2D eigenvalue weighted by Crippen LogP contribution is 2.13. The zero-order valence-corrected chi connectivity index (χ0v) is 15.6. The zero-order valence-electron chi connectivity index (χ0n) is 14.8. The number of hydrogen-bond donors (Lipinski definition) is 2. The number of benzene rings is 2. The molecule has 7 heteroatoms. The van der Waals surface area contributed by atoms with Gasteiger partial charge in [-0.15, -0.1) is 0 Å². The molecule has 0 spiro atoms. The predicted molar refractivity (Wildman–Crippen MR) is 98.6 cm³/mol. The smallest absolute Gasteiger partial charge is 0.338 e. The SMILES string of the molecule is CCCc1ccc(S(=O)(=O)NC(C)COC(=O)c2ccc(O)cc2)cc1. The summed E-state index contributed by atoms with van der Waals surface area (Å²) >= 11 is 0. The van der Waals surface area contributed by atoms with Crippen LogP contribution in [0.3, 0.4) is 0 Å². The molecular formula is C19H23NO5S. The van der Waals surface area contributed by atoms with E-state index >= 15 is 0 Å². The van der Waals surface area contributed by atoms with Crippen molar-refractivity contribution >= 4 is 16.0 Å². The number of nitrogens with one attached hydrogen (secondary N) is 1. The Morgan fingerprint density at radius 1 is 1.12 bits per heavy atom. The molecule has 0 aromatic heterocycles. The van der Waals surface area contributed by atoms with Gasteiger partial charge in [-0.05, 0) is 55.3 Å². The van der Waals surface area contributed by atoms with Gasteiger partial charge in [0, 0.05) is 0 Å². The van der Waals surface area contributed by atoms with Gasteiger partial charge < -0.3 is 9.84 Å². The van der Waals surface area contributed by atoms with Crippen LogP contribution in [0.15, 0.2) is 53.4 Å². The molecule has 0 saturated carbocycles. The maximum absolute atomic E-state index is 12.4. The maximum Gasteiger partial charge on any atom is 0.338 e. The lowest BCUT2D eigenvalue weighted by Gasteiger charge is -2.15. The number of esters is 1. The van der Waals surface area contributed by atoms with Crippen LogP contribution in [-0.2, 0) is 21.2 Å². The minimum Gasteiger partial charge on any atom is -0.508 e. The minimum absolute atomic E-state index is 0.0487. The number of aromatic hydroxyl groups is 1. The van der Waals surface area contributed by atoms with E-state index in [1.165, 1.54) is 24.3 Å². The van der Waals surface area contributed by atoms with E-state index in [2.05, 4.69) is 11.6 Å². The van der Waals surface area contributed by atoms with Crippen molar-refractivity contribution < 1.29 is 23.1 Å². The van der Waals surface area contributed by atoms with Crippen molar-refractivity contribution in [1.82, 2.24) is 4.72 Å². The number of hydrogen-bond acceptors (Lipinski definition) is 5. The fraction of sp³-hybridized carbons (Fsp3) is 0.316. The highest BCUT2D eigenvalue weighted by molar-refractivity contribution is 7.89. The minimum atomic E-state index is -3.68. The summed E-state index contributed by atoms with van der Waals surface area (Å²) in [6, 6.07) is 11.8. The first-order valence-corrected chi connectivity index (χ1v) is 9.87. The number of carbonyl (C=O) groups is 1. The molecule has 1 unspecified atom stereocenters. The standard InChI is InChI=1S/C19H23NO5S/c1-3-4-15-5-11-18(12-6-15)26(23,24)20-14(2)13-25-19(22)16-7-9-17(21)10-8-16/h5-12,14,20-21H,3-4,13H2,1-2H3. The molecule has 140 valence electrons. The van der Waals surface area contributed by atoms with Gasteiger partial charge in [0.15, 0.2) is 0 Å². The molecule has 1 atom stereocenters. The Bertz CT molecular complexity index is 829. The van der Waals surface area contributed by atoms with E-state index in [4.69, 9.17) is 4.74 Å². The Morgan fingerprint density at radius 3 is 2.31 bits per heavy atom. The number of phenolic OH excluding ortho intramolecular Hbond substituents is 1. The Labute approximate surface area is 153 Å². The largest absolute Gasteiger partial charge is 0.508 e. The summed E-state index contributed by atoms with van der Waals surface area (Å²) in [7, 11) is -3.68. The quantitative estimate of drug-likeness (QED) is 0.690. The molecule has 2 aromatic carbocycles. The van der Waals surface area contributed by atoms with Crippen LogP contribution in [0.1, 0.15) is 36.2 Å². The third-order valence-corrected chi connectivity index (χ3v) is 5.30.